The normalized spacial score (nSPS) is 16.0. The van der Waals surface area contributed by atoms with Crippen LogP contribution < -0.4 is 9.47 Å². The Kier molecular flexibility index (Phi) is 4.25. The van der Waals surface area contributed by atoms with Crippen molar-refractivity contribution in [3.63, 3.8) is 0 Å². The lowest BCUT2D eigenvalue weighted by Gasteiger charge is -2.30. The number of hydrogen-bond acceptors (Lipinski definition) is 4. The quantitative estimate of drug-likeness (QED) is 0.708. The van der Waals surface area contributed by atoms with E-state index in [4.69, 9.17) is 21.1 Å². The van der Waals surface area contributed by atoms with Gasteiger partial charge in [-0.15, -0.1) is 0 Å². The summed E-state index contributed by atoms with van der Waals surface area (Å²) in [6.45, 7) is 7.49. The summed E-state index contributed by atoms with van der Waals surface area (Å²) in [5.74, 6) is 1.83. The predicted octanol–water partition coefficient (Wildman–Crippen LogP) is 4.87. The molecule has 4 rings (SSSR count). The van der Waals surface area contributed by atoms with E-state index < -0.39 is 0 Å². The van der Waals surface area contributed by atoms with Crippen molar-refractivity contribution in [2.24, 2.45) is 0 Å². The zero-order chi connectivity index (χ0) is 18.4. The molecular formula is C21H20ClNO3. The number of hydrogen-bond donors (Lipinski definition) is 0. The maximum atomic E-state index is 12.7. The van der Waals surface area contributed by atoms with E-state index in [0.717, 1.165) is 33.0 Å². The molecule has 134 valence electrons. The van der Waals surface area contributed by atoms with Gasteiger partial charge in [0.1, 0.15) is 18.2 Å². The third-order valence-electron chi connectivity index (χ3n) is 4.77. The number of ether oxygens (including phenoxy) is 2. The lowest BCUT2D eigenvalue weighted by molar-refractivity contribution is 0.0872. The summed E-state index contributed by atoms with van der Waals surface area (Å²) < 4.78 is 11.9. The van der Waals surface area contributed by atoms with Crippen molar-refractivity contribution in [3.8, 4) is 11.5 Å². The summed E-state index contributed by atoms with van der Waals surface area (Å²) in [6, 6.07) is 9.74. The average Bonchev–Trinajstić information content (AvgIpc) is 2.96. The van der Waals surface area contributed by atoms with E-state index in [9.17, 15) is 4.79 Å². The minimum atomic E-state index is -0.0384. The van der Waals surface area contributed by atoms with Gasteiger partial charge in [0, 0.05) is 18.1 Å². The molecule has 0 bridgehead atoms. The number of rotatable bonds is 2. The molecular weight excluding hydrogens is 350 g/mol. The molecule has 2 heterocycles. The van der Waals surface area contributed by atoms with Crippen LogP contribution in [0.1, 0.15) is 40.9 Å². The van der Waals surface area contributed by atoms with Crippen molar-refractivity contribution in [3.05, 3.63) is 68.9 Å². The van der Waals surface area contributed by atoms with Gasteiger partial charge in [0.15, 0.2) is 5.76 Å². The van der Waals surface area contributed by atoms with Crippen LogP contribution in [0.3, 0.4) is 0 Å². The second-order valence-corrected chi connectivity index (χ2v) is 7.39. The molecule has 0 atom stereocenters. The summed E-state index contributed by atoms with van der Waals surface area (Å²) in [4.78, 5) is 14.9. The van der Waals surface area contributed by atoms with Crippen LogP contribution in [0, 0.1) is 6.92 Å². The molecule has 0 amide bonds. The third kappa shape index (κ3) is 2.79. The third-order valence-corrected chi connectivity index (χ3v) is 5.14. The van der Waals surface area contributed by atoms with Gasteiger partial charge in [-0.25, -0.2) is 0 Å². The van der Waals surface area contributed by atoms with Crippen LogP contribution in [-0.4, -0.2) is 17.4 Å². The van der Waals surface area contributed by atoms with Crippen molar-refractivity contribution in [2.75, 3.05) is 6.73 Å². The zero-order valence-electron chi connectivity index (χ0n) is 15.1. The van der Waals surface area contributed by atoms with Gasteiger partial charge in [-0.05, 0) is 49.6 Å². The van der Waals surface area contributed by atoms with E-state index in [1.165, 1.54) is 0 Å². The van der Waals surface area contributed by atoms with Crippen molar-refractivity contribution in [2.45, 2.75) is 33.9 Å². The Labute approximate surface area is 158 Å². The number of carbonyl (C=O) groups excluding carboxylic acids is 1. The Morgan fingerprint density at radius 3 is 2.77 bits per heavy atom. The molecule has 0 saturated heterocycles. The molecule has 2 aromatic rings. The number of allylic oxidation sites excluding steroid dienone is 2. The Morgan fingerprint density at radius 1 is 1.27 bits per heavy atom. The first-order valence-corrected chi connectivity index (χ1v) is 8.98. The molecule has 0 aromatic heterocycles. The fraction of sp³-hybridized carbons (Fsp3) is 0.286. The number of halogens is 1. The molecule has 4 nitrogen and oxygen atoms in total. The number of fused-ring (bicyclic) bond motifs is 3. The highest BCUT2D eigenvalue weighted by atomic mass is 35.5. The molecule has 2 aliphatic heterocycles. The average molecular weight is 370 g/mol. The zero-order valence-corrected chi connectivity index (χ0v) is 15.8. The Bertz CT molecular complexity index is 945. The van der Waals surface area contributed by atoms with E-state index >= 15 is 0 Å². The lowest BCUT2D eigenvalue weighted by Crippen LogP contribution is -2.32. The molecule has 0 fully saturated rings. The first-order chi connectivity index (χ1) is 12.5. The van der Waals surface area contributed by atoms with Gasteiger partial charge in [0.25, 0.3) is 0 Å². The predicted molar refractivity (Wildman–Crippen MR) is 101 cm³/mol. The minimum absolute atomic E-state index is 0.0384. The highest BCUT2D eigenvalue weighted by Gasteiger charge is 2.35. The van der Waals surface area contributed by atoms with E-state index in [1.54, 1.807) is 0 Å². The second kappa shape index (κ2) is 6.45. The highest BCUT2D eigenvalue weighted by molar-refractivity contribution is 6.31. The van der Waals surface area contributed by atoms with Crippen molar-refractivity contribution in [1.29, 1.82) is 0 Å². The van der Waals surface area contributed by atoms with E-state index in [1.807, 2.05) is 51.1 Å². The number of benzene rings is 2. The molecule has 0 radical (unpaired) electrons. The Hall–Kier alpha value is -2.30. The summed E-state index contributed by atoms with van der Waals surface area (Å²) in [7, 11) is 0. The van der Waals surface area contributed by atoms with Crippen molar-refractivity contribution >= 4 is 17.4 Å². The summed E-state index contributed by atoms with van der Waals surface area (Å²) in [5, 5.41) is 0.741. The molecule has 2 aromatic carbocycles. The minimum Gasteiger partial charge on any atom is -0.478 e. The Balaban J connectivity index is 1.69. The molecule has 0 spiro atoms. The molecule has 0 N–H and O–H groups in total. The highest BCUT2D eigenvalue weighted by Crippen LogP contribution is 2.44. The molecule has 5 heteroatoms. The number of ketones is 1. The lowest BCUT2D eigenvalue weighted by atomic mass is 9.98. The molecule has 0 saturated carbocycles. The van der Waals surface area contributed by atoms with Crippen molar-refractivity contribution in [1.82, 2.24) is 4.90 Å². The summed E-state index contributed by atoms with van der Waals surface area (Å²) >= 11 is 6.29. The maximum absolute atomic E-state index is 12.7. The standard InChI is InChI=1S/C21H20ClNO3/c1-12(2)20-19(24)18-13(3)8-17-15(21(18)26-20)10-23(11-25-17)9-14-6-4-5-7-16(14)22/h4-8H,9-11H2,1-3H3. The van der Waals surface area contributed by atoms with Crippen LogP contribution >= 0.6 is 11.6 Å². The second-order valence-electron chi connectivity index (χ2n) is 6.99. The van der Waals surface area contributed by atoms with E-state index in [-0.39, 0.29) is 5.78 Å². The summed E-state index contributed by atoms with van der Waals surface area (Å²) in [5.41, 5.74) is 4.40. The first-order valence-electron chi connectivity index (χ1n) is 8.60. The van der Waals surface area contributed by atoms with Crippen LogP contribution in [0.4, 0.5) is 0 Å². The van der Waals surface area contributed by atoms with Gasteiger partial charge in [0.05, 0.1) is 11.1 Å². The van der Waals surface area contributed by atoms with Gasteiger partial charge >= 0.3 is 0 Å². The fourth-order valence-corrected chi connectivity index (χ4v) is 3.66. The van der Waals surface area contributed by atoms with Crippen LogP contribution in [0.2, 0.25) is 5.02 Å². The van der Waals surface area contributed by atoms with Gasteiger partial charge in [0.2, 0.25) is 5.78 Å². The molecule has 0 aliphatic carbocycles. The van der Waals surface area contributed by atoms with Crippen LogP contribution in [0.5, 0.6) is 11.5 Å². The SMILES string of the molecule is CC(C)=C1Oc2c3c(cc(C)c2C1=O)OCN(Cc1ccccc1Cl)C3. The number of Topliss-reactive ketones (excluding diaryl/α,β-unsaturated/α-hetero) is 1. The summed E-state index contributed by atoms with van der Waals surface area (Å²) in [6.07, 6.45) is 0. The van der Waals surface area contributed by atoms with E-state index in [0.29, 0.717) is 36.9 Å². The first kappa shape index (κ1) is 17.1. The van der Waals surface area contributed by atoms with E-state index in [2.05, 4.69) is 4.90 Å². The molecule has 26 heavy (non-hydrogen) atoms. The van der Waals surface area contributed by atoms with Gasteiger partial charge in [-0.2, -0.15) is 0 Å². The number of nitrogens with zero attached hydrogens (tertiary/aromatic N) is 1. The molecule has 2 aliphatic rings. The largest absolute Gasteiger partial charge is 0.478 e. The molecule has 0 unspecified atom stereocenters. The van der Waals surface area contributed by atoms with Gasteiger partial charge in [-0.3, -0.25) is 9.69 Å². The topological polar surface area (TPSA) is 38.8 Å². The number of aryl methyl sites for hydroxylation is 1. The van der Waals surface area contributed by atoms with Crippen LogP contribution in [-0.2, 0) is 13.1 Å². The van der Waals surface area contributed by atoms with Gasteiger partial charge < -0.3 is 9.47 Å². The smallest absolute Gasteiger partial charge is 0.232 e. The monoisotopic (exact) mass is 369 g/mol. The maximum Gasteiger partial charge on any atom is 0.232 e. The van der Waals surface area contributed by atoms with Gasteiger partial charge in [-0.1, -0.05) is 29.8 Å². The Morgan fingerprint density at radius 2 is 2.04 bits per heavy atom. The fourth-order valence-electron chi connectivity index (χ4n) is 3.46. The van der Waals surface area contributed by atoms with Crippen LogP contribution in [0.15, 0.2) is 41.7 Å². The van der Waals surface area contributed by atoms with Crippen molar-refractivity contribution < 1.29 is 14.3 Å². The number of carbonyl (C=O) groups is 1. The van der Waals surface area contributed by atoms with Crippen LogP contribution in [0.25, 0.3) is 0 Å².